The minimum atomic E-state index is -0.145. The zero-order valence-corrected chi connectivity index (χ0v) is 12.1. The molecule has 3 N–H and O–H groups in total. The van der Waals surface area contributed by atoms with Crippen LogP contribution in [0.2, 0.25) is 0 Å². The molecule has 1 aromatic heterocycles. The van der Waals surface area contributed by atoms with Crippen molar-refractivity contribution in [2.24, 2.45) is 0 Å². The average Bonchev–Trinajstić information content (AvgIpc) is 2.42. The third-order valence-corrected chi connectivity index (χ3v) is 3.62. The molecule has 5 heteroatoms. The van der Waals surface area contributed by atoms with Crippen LogP contribution in [0.15, 0.2) is 34.9 Å². The van der Waals surface area contributed by atoms with Gasteiger partial charge in [0.15, 0.2) is 0 Å². The first kappa shape index (κ1) is 13.8. The third kappa shape index (κ3) is 3.05. The number of aliphatic hydroxyl groups excluding tert-OH is 1. The molecule has 0 saturated carbocycles. The molecule has 0 amide bonds. The van der Waals surface area contributed by atoms with E-state index in [0.29, 0.717) is 23.4 Å². The number of anilines is 1. The molecule has 2 aromatic rings. The molecule has 4 nitrogen and oxygen atoms in total. The number of halogens is 1. The van der Waals surface area contributed by atoms with E-state index in [0.717, 1.165) is 10.2 Å². The summed E-state index contributed by atoms with van der Waals surface area (Å²) < 4.78 is 0.950. The van der Waals surface area contributed by atoms with Gasteiger partial charge in [-0.25, -0.2) is 0 Å². The number of hydrogen-bond acceptors (Lipinski definition) is 4. The first-order valence-corrected chi connectivity index (χ1v) is 6.68. The fourth-order valence-electron chi connectivity index (χ4n) is 1.81. The van der Waals surface area contributed by atoms with Crippen LogP contribution >= 0.6 is 15.9 Å². The predicted molar refractivity (Wildman–Crippen MR) is 78.0 cm³/mol. The van der Waals surface area contributed by atoms with Gasteiger partial charge in [-0.05, 0) is 35.0 Å². The summed E-state index contributed by atoms with van der Waals surface area (Å²) in [5, 5.41) is 22.6. The fraction of sp³-hybridized carbons (Fsp3) is 0.214. The Morgan fingerprint density at radius 1 is 1.32 bits per heavy atom. The minimum Gasteiger partial charge on any atom is -0.506 e. The molecule has 19 heavy (non-hydrogen) atoms. The second kappa shape index (κ2) is 6.04. The summed E-state index contributed by atoms with van der Waals surface area (Å²) in [5.41, 5.74) is 2.79. The van der Waals surface area contributed by atoms with Crippen LogP contribution in [0.1, 0.15) is 16.8 Å². The van der Waals surface area contributed by atoms with E-state index in [1.165, 1.54) is 0 Å². The Hall–Kier alpha value is -1.59. The molecular weight excluding hydrogens is 308 g/mol. The van der Waals surface area contributed by atoms with E-state index in [-0.39, 0.29) is 12.4 Å². The average molecular weight is 323 g/mol. The van der Waals surface area contributed by atoms with Crippen molar-refractivity contribution in [2.75, 3.05) is 5.32 Å². The summed E-state index contributed by atoms with van der Waals surface area (Å²) in [6.07, 6.45) is 1.59. The van der Waals surface area contributed by atoms with Crippen LogP contribution in [0.5, 0.6) is 5.75 Å². The van der Waals surface area contributed by atoms with Crippen LogP contribution in [-0.4, -0.2) is 15.2 Å². The molecule has 0 saturated heterocycles. The van der Waals surface area contributed by atoms with Crippen LogP contribution in [0.3, 0.4) is 0 Å². The number of aromatic nitrogens is 1. The van der Waals surface area contributed by atoms with Gasteiger partial charge in [-0.2, -0.15) is 0 Å². The zero-order chi connectivity index (χ0) is 13.8. The van der Waals surface area contributed by atoms with Crippen LogP contribution in [0.25, 0.3) is 0 Å². The van der Waals surface area contributed by atoms with Gasteiger partial charge in [-0.1, -0.05) is 12.1 Å². The maximum Gasteiger partial charge on any atom is 0.142 e. The van der Waals surface area contributed by atoms with Crippen molar-refractivity contribution in [1.82, 2.24) is 4.98 Å². The highest BCUT2D eigenvalue weighted by Crippen LogP contribution is 2.27. The SMILES string of the molecule is Cc1ncc(CO)c(CNc2ccccc2Br)c1O. The molecule has 2 rings (SSSR count). The highest BCUT2D eigenvalue weighted by atomic mass is 79.9. The van der Waals surface area contributed by atoms with Crippen molar-refractivity contribution in [1.29, 1.82) is 0 Å². The van der Waals surface area contributed by atoms with E-state index in [4.69, 9.17) is 0 Å². The molecule has 0 spiro atoms. The quantitative estimate of drug-likeness (QED) is 0.809. The van der Waals surface area contributed by atoms with E-state index in [2.05, 4.69) is 26.2 Å². The highest BCUT2D eigenvalue weighted by molar-refractivity contribution is 9.10. The fourth-order valence-corrected chi connectivity index (χ4v) is 2.23. The van der Waals surface area contributed by atoms with Crippen LogP contribution in [-0.2, 0) is 13.2 Å². The normalized spacial score (nSPS) is 10.5. The predicted octanol–water partition coefficient (Wildman–Crippen LogP) is 2.96. The third-order valence-electron chi connectivity index (χ3n) is 2.93. The summed E-state index contributed by atoms with van der Waals surface area (Å²) in [7, 11) is 0. The van der Waals surface area contributed by atoms with Gasteiger partial charge in [0, 0.05) is 34.0 Å². The van der Waals surface area contributed by atoms with Crippen molar-refractivity contribution in [3.8, 4) is 5.75 Å². The summed E-state index contributed by atoms with van der Waals surface area (Å²) >= 11 is 3.45. The standard InChI is InChI=1S/C14H15BrN2O2/c1-9-14(19)11(10(8-18)6-16-9)7-17-13-5-3-2-4-12(13)15/h2-6,17-19H,7-8H2,1H3. The molecule has 0 aliphatic carbocycles. The highest BCUT2D eigenvalue weighted by Gasteiger charge is 2.11. The molecule has 1 aromatic carbocycles. The molecule has 100 valence electrons. The Morgan fingerprint density at radius 3 is 2.74 bits per heavy atom. The molecular formula is C14H15BrN2O2. The Kier molecular flexibility index (Phi) is 4.39. The van der Waals surface area contributed by atoms with E-state index in [9.17, 15) is 10.2 Å². The molecule has 0 bridgehead atoms. The Morgan fingerprint density at radius 2 is 2.05 bits per heavy atom. The van der Waals surface area contributed by atoms with E-state index >= 15 is 0 Å². The number of para-hydroxylation sites is 1. The van der Waals surface area contributed by atoms with Gasteiger partial charge in [0.25, 0.3) is 0 Å². The number of nitrogens with zero attached hydrogens (tertiary/aromatic N) is 1. The topological polar surface area (TPSA) is 65.4 Å². The Balaban J connectivity index is 2.24. The second-order valence-electron chi connectivity index (χ2n) is 4.19. The molecule has 0 atom stereocenters. The number of pyridine rings is 1. The van der Waals surface area contributed by atoms with Crippen molar-refractivity contribution < 1.29 is 10.2 Å². The van der Waals surface area contributed by atoms with Gasteiger partial charge in [0.05, 0.1) is 12.3 Å². The number of aromatic hydroxyl groups is 1. The van der Waals surface area contributed by atoms with Crippen molar-refractivity contribution >= 4 is 21.6 Å². The van der Waals surface area contributed by atoms with E-state index in [1.54, 1.807) is 13.1 Å². The minimum absolute atomic E-state index is 0.131. The summed E-state index contributed by atoms with van der Waals surface area (Å²) in [6.45, 7) is 2.01. The number of rotatable bonds is 4. The second-order valence-corrected chi connectivity index (χ2v) is 5.04. The monoisotopic (exact) mass is 322 g/mol. The molecule has 0 unspecified atom stereocenters. The van der Waals surface area contributed by atoms with Gasteiger partial charge in [0.1, 0.15) is 5.75 Å². The van der Waals surface area contributed by atoms with Gasteiger partial charge < -0.3 is 15.5 Å². The molecule has 0 aliphatic heterocycles. The first-order valence-electron chi connectivity index (χ1n) is 5.89. The van der Waals surface area contributed by atoms with Gasteiger partial charge in [-0.3, -0.25) is 4.98 Å². The number of aryl methyl sites for hydroxylation is 1. The molecule has 0 fully saturated rings. The van der Waals surface area contributed by atoms with Gasteiger partial charge in [-0.15, -0.1) is 0 Å². The van der Waals surface area contributed by atoms with E-state index in [1.807, 2.05) is 24.3 Å². The number of hydrogen-bond donors (Lipinski definition) is 3. The number of nitrogens with one attached hydrogen (secondary N) is 1. The molecule has 0 aliphatic rings. The first-order chi connectivity index (χ1) is 9.13. The lowest BCUT2D eigenvalue weighted by atomic mass is 10.1. The summed E-state index contributed by atoms with van der Waals surface area (Å²) in [4.78, 5) is 4.04. The molecule has 0 radical (unpaired) electrons. The van der Waals surface area contributed by atoms with Crippen molar-refractivity contribution in [3.63, 3.8) is 0 Å². The number of aliphatic hydroxyl groups is 1. The van der Waals surface area contributed by atoms with E-state index < -0.39 is 0 Å². The lowest BCUT2D eigenvalue weighted by Gasteiger charge is -2.13. The largest absolute Gasteiger partial charge is 0.506 e. The number of benzene rings is 1. The maximum atomic E-state index is 10.0. The summed E-state index contributed by atoms with van der Waals surface area (Å²) in [5.74, 6) is 0.131. The van der Waals surface area contributed by atoms with Crippen LogP contribution < -0.4 is 5.32 Å². The lowest BCUT2D eigenvalue weighted by molar-refractivity contribution is 0.279. The summed E-state index contributed by atoms with van der Waals surface area (Å²) in [6, 6.07) is 7.74. The Bertz CT molecular complexity index is 588. The van der Waals surface area contributed by atoms with Gasteiger partial charge >= 0.3 is 0 Å². The smallest absolute Gasteiger partial charge is 0.142 e. The van der Waals surface area contributed by atoms with Crippen LogP contribution in [0.4, 0.5) is 5.69 Å². The van der Waals surface area contributed by atoms with Crippen molar-refractivity contribution in [3.05, 3.63) is 51.8 Å². The molecule has 1 heterocycles. The Labute approximate surface area is 120 Å². The lowest BCUT2D eigenvalue weighted by Crippen LogP contribution is -2.05. The zero-order valence-electron chi connectivity index (χ0n) is 10.5. The van der Waals surface area contributed by atoms with Gasteiger partial charge in [0.2, 0.25) is 0 Å². The maximum absolute atomic E-state index is 10.0. The van der Waals surface area contributed by atoms with Crippen LogP contribution in [0, 0.1) is 6.92 Å². The van der Waals surface area contributed by atoms with Crippen molar-refractivity contribution in [2.45, 2.75) is 20.1 Å².